The highest BCUT2D eigenvalue weighted by Gasteiger charge is 2.55. The quantitative estimate of drug-likeness (QED) is 0.906. The van der Waals surface area contributed by atoms with Crippen molar-refractivity contribution in [1.29, 1.82) is 0 Å². The molecule has 1 N–H and O–H groups in total. The molecule has 5 nitrogen and oxygen atoms in total. The van der Waals surface area contributed by atoms with Gasteiger partial charge in [0.1, 0.15) is 5.82 Å². The van der Waals surface area contributed by atoms with Crippen LogP contribution in [-0.2, 0) is 11.3 Å². The van der Waals surface area contributed by atoms with Crippen LogP contribution in [-0.4, -0.2) is 51.5 Å². The first kappa shape index (κ1) is 16.0. The highest BCUT2D eigenvalue weighted by atomic mass is 16.5. The molecule has 0 aromatic carbocycles. The van der Waals surface area contributed by atoms with Gasteiger partial charge in [-0.25, -0.2) is 4.98 Å². The Morgan fingerprint density at radius 1 is 1.41 bits per heavy atom. The van der Waals surface area contributed by atoms with Gasteiger partial charge < -0.3 is 14.4 Å². The van der Waals surface area contributed by atoms with Gasteiger partial charge >= 0.3 is 0 Å². The van der Waals surface area contributed by atoms with Gasteiger partial charge in [-0.3, -0.25) is 4.90 Å². The van der Waals surface area contributed by atoms with E-state index in [-0.39, 0.29) is 17.6 Å². The molecule has 2 fully saturated rings. The summed E-state index contributed by atoms with van der Waals surface area (Å²) in [5.41, 5.74) is 0.0139. The van der Waals surface area contributed by atoms with Crippen molar-refractivity contribution in [2.75, 3.05) is 19.7 Å². The molecule has 5 heteroatoms. The molecule has 1 aliphatic carbocycles. The fourth-order valence-corrected chi connectivity index (χ4v) is 4.08. The Hall–Kier alpha value is -0.910. The van der Waals surface area contributed by atoms with Crippen LogP contribution in [0.4, 0.5) is 0 Å². The number of piperidine rings is 1. The maximum absolute atomic E-state index is 10.3. The summed E-state index contributed by atoms with van der Waals surface area (Å²) in [6.45, 7) is 10.1. The molecule has 1 aliphatic heterocycles. The molecule has 2 atom stereocenters. The van der Waals surface area contributed by atoms with Crippen LogP contribution >= 0.6 is 0 Å². The van der Waals surface area contributed by atoms with Crippen molar-refractivity contribution in [3.05, 3.63) is 18.2 Å². The van der Waals surface area contributed by atoms with E-state index in [0.717, 1.165) is 51.3 Å². The first-order chi connectivity index (χ1) is 10.6. The Morgan fingerprint density at radius 2 is 2.14 bits per heavy atom. The van der Waals surface area contributed by atoms with Gasteiger partial charge in [0, 0.05) is 36.9 Å². The Morgan fingerprint density at radius 3 is 2.73 bits per heavy atom. The van der Waals surface area contributed by atoms with E-state index in [4.69, 9.17) is 4.74 Å². The summed E-state index contributed by atoms with van der Waals surface area (Å²) in [6, 6.07) is 0.449. The number of aliphatic hydroxyl groups excluding tert-OH is 1. The van der Waals surface area contributed by atoms with Crippen molar-refractivity contribution >= 4 is 0 Å². The van der Waals surface area contributed by atoms with Gasteiger partial charge in [0.2, 0.25) is 0 Å². The molecule has 0 bridgehead atoms. The summed E-state index contributed by atoms with van der Waals surface area (Å²) >= 11 is 0. The summed E-state index contributed by atoms with van der Waals surface area (Å²) < 4.78 is 8.08. The van der Waals surface area contributed by atoms with E-state index in [1.807, 2.05) is 13.1 Å². The molecule has 1 aromatic heterocycles. The maximum atomic E-state index is 10.3. The van der Waals surface area contributed by atoms with Gasteiger partial charge in [0.05, 0.1) is 18.8 Å². The molecule has 124 valence electrons. The molecular weight excluding hydrogens is 278 g/mol. The minimum absolute atomic E-state index is 0.0139. The molecule has 1 aromatic rings. The van der Waals surface area contributed by atoms with Crippen molar-refractivity contribution in [1.82, 2.24) is 14.5 Å². The molecule has 1 saturated carbocycles. The molecular formula is C17H29N3O2. The van der Waals surface area contributed by atoms with Gasteiger partial charge in [-0.2, -0.15) is 0 Å². The van der Waals surface area contributed by atoms with Crippen LogP contribution in [0.25, 0.3) is 0 Å². The lowest BCUT2D eigenvalue weighted by Gasteiger charge is -2.56. The second-order valence-corrected chi connectivity index (χ2v) is 7.05. The standard InChI is InChI=1S/C17H29N3O2/c1-4-22-15-11-14(21)17(15)5-8-19(9-6-17)12-16-18-7-10-20(16)13(2)3/h7,10,13-15,21H,4-6,8-9,11-12H2,1-3H3. The van der Waals surface area contributed by atoms with Crippen LogP contribution in [0.5, 0.6) is 0 Å². The zero-order valence-electron chi connectivity index (χ0n) is 14.0. The van der Waals surface area contributed by atoms with E-state index >= 15 is 0 Å². The van der Waals surface area contributed by atoms with E-state index in [1.54, 1.807) is 0 Å². The lowest BCUT2D eigenvalue weighted by Crippen LogP contribution is -2.62. The van der Waals surface area contributed by atoms with E-state index < -0.39 is 0 Å². The summed E-state index contributed by atoms with van der Waals surface area (Å²) in [5, 5.41) is 10.3. The van der Waals surface area contributed by atoms with Crippen molar-refractivity contribution in [3.63, 3.8) is 0 Å². The molecule has 0 amide bonds. The smallest absolute Gasteiger partial charge is 0.123 e. The van der Waals surface area contributed by atoms with Gasteiger partial charge in [0.15, 0.2) is 0 Å². The SMILES string of the molecule is CCOC1CC(O)C12CCN(Cc1nccn1C(C)C)CC2. The van der Waals surface area contributed by atoms with Crippen LogP contribution in [0.1, 0.15) is 51.9 Å². The van der Waals surface area contributed by atoms with E-state index in [0.29, 0.717) is 6.04 Å². The van der Waals surface area contributed by atoms with Crippen molar-refractivity contribution in [3.8, 4) is 0 Å². The van der Waals surface area contributed by atoms with Gasteiger partial charge in [-0.1, -0.05) is 0 Å². The third-order valence-electron chi connectivity index (χ3n) is 5.57. The minimum Gasteiger partial charge on any atom is -0.392 e. The van der Waals surface area contributed by atoms with Crippen molar-refractivity contribution in [2.24, 2.45) is 5.41 Å². The van der Waals surface area contributed by atoms with E-state index in [9.17, 15) is 5.11 Å². The number of ether oxygens (including phenoxy) is 1. The summed E-state index contributed by atoms with van der Waals surface area (Å²) in [5.74, 6) is 1.14. The number of hydrogen-bond acceptors (Lipinski definition) is 4. The number of hydrogen-bond donors (Lipinski definition) is 1. The first-order valence-corrected chi connectivity index (χ1v) is 8.60. The topological polar surface area (TPSA) is 50.5 Å². The maximum Gasteiger partial charge on any atom is 0.123 e. The summed E-state index contributed by atoms with van der Waals surface area (Å²) in [6.07, 6.45) is 6.90. The molecule has 1 spiro atoms. The summed E-state index contributed by atoms with van der Waals surface area (Å²) in [4.78, 5) is 6.97. The minimum atomic E-state index is -0.177. The van der Waals surface area contributed by atoms with E-state index in [1.165, 1.54) is 0 Å². The normalized spacial score (nSPS) is 28.2. The Balaban J connectivity index is 1.59. The lowest BCUT2D eigenvalue weighted by molar-refractivity contribution is -0.210. The number of aromatic nitrogens is 2. The average molecular weight is 307 g/mol. The molecule has 1 saturated heterocycles. The third-order valence-corrected chi connectivity index (χ3v) is 5.57. The molecule has 0 radical (unpaired) electrons. The first-order valence-electron chi connectivity index (χ1n) is 8.60. The monoisotopic (exact) mass is 307 g/mol. The second kappa shape index (κ2) is 6.30. The van der Waals surface area contributed by atoms with Crippen LogP contribution in [0, 0.1) is 5.41 Å². The van der Waals surface area contributed by atoms with Crippen LogP contribution in [0.2, 0.25) is 0 Å². The fourth-order valence-electron chi connectivity index (χ4n) is 4.08. The molecule has 2 unspecified atom stereocenters. The van der Waals surface area contributed by atoms with Crippen molar-refractivity contribution in [2.45, 2.75) is 64.8 Å². The number of likely N-dealkylation sites (tertiary alicyclic amines) is 1. The van der Waals surface area contributed by atoms with Gasteiger partial charge in [-0.15, -0.1) is 0 Å². The molecule has 22 heavy (non-hydrogen) atoms. The molecule has 2 heterocycles. The number of aliphatic hydroxyl groups is 1. The fraction of sp³-hybridized carbons (Fsp3) is 0.824. The lowest BCUT2D eigenvalue weighted by atomic mass is 9.58. The molecule has 2 aliphatic rings. The molecule has 3 rings (SSSR count). The Kier molecular flexibility index (Phi) is 4.57. The summed E-state index contributed by atoms with van der Waals surface area (Å²) in [7, 11) is 0. The number of rotatable bonds is 5. The van der Waals surface area contributed by atoms with Crippen LogP contribution < -0.4 is 0 Å². The Bertz CT molecular complexity index is 490. The zero-order valence-corrected chi connectivity index (χ0v) is 14.0. The largest absolute Gasteiger partial charge is 0.392 e. The Labute approximate surface area is 133 Å². The highest BCUT2D eigenvalue weighted by molar-refractivity contribution is 5.07. The van der Waals surface area contributed by atoms with Gasteiger partial charge in [0.25, 0.3) is 0 Å². The number of imidazole rings is 1. The third kappa shape index (κ3) is 2.70. The predicted molar refractivity (Wildman–Crippen MR) is 85.6 cm³/mol. The average Bonchev–Trinajstić information content (AvgIpc) is 2.96. The van der Waals surface area contributed by atoms with Crippen LogP contribution in [0.3, 0.4) is 0 Å². The zero-order chi connectivity index (χ0) is 15.7. The second-order valence-electron chi connectivity index (χ2n) is 7.05. The van der Waals surface area contributed by atoms with Crippen LogP contribution in [0.15, 0.2) is 12.4 Å². The predicted octanol–water partition coefficient (Wildman–Crippen LogP) is 2.22. The van der Waals surface area contributed by atoms with Gasteiger partial charge in [-0.05, 0) is 46.7 Å². The van der Waals surface area contributed by atoms with E-state index in [2.05, 4.69) is 34.5 Å². The highest BCUT2D eigenvalue weighted by Crippen LogP contribution is 2.51. The number of nitrogens with zero attached hydrogens (tertiary/aromatic N) is 3. The van der Waals surface area contributed by atoms with Crippen molar-refractivity contribution < 1.29 is 9.84 Å².